The van der Waals surface area contributed by atoms with E-state index in [0.29, 0.717) is 19.0 Å². The summed E-state index contributed by atoms with van der Waals surface area (Å²) in [5.74, 6) is 0.109. The quantitative estimate of drug-likeness (QED) is 0.860. The lowest BCUT2D eigenvalue weighted by molar-refractivity contribution is -0.120. The number of nitrogens with zero attached hydrogens (tertiary/aromatic N) is 1. The summed E-state index contributed by atoms with van der Waals surface area (Å²) in [6.45, 7) is 2.97. The van der Waals surface area contributed by atoms with E-state index in [1.54, 1.807) is 11.3 Å². The number of likely N-dealkylation sites (tertiary alicyclic amines) is 1. The van der Waals surface area contributed by atoms with Gasteiger partial charge in [0.25, 0.3) is 0 Å². The second-order valence-corrected chi connectivity index (χ2v) is 7.43. The zero-order chi connectivity index (χ0) is 16.6. The average Bonchev–Trinajstić information content (AvgIpc) is 2.99. The van der Waals surface area contributed by atoms with E-state index >= 15 is 0 Å². The molecule has 3 nitrogen and oxygen atoms in total. The van der Waals surface area contributed by atoms with Crippen LogP contribution in [0, 0.1) is 0 Å². The Kier molecular flexibility index (Phi) is 6.44. The minimum absolute atomic E-state index is 0.109. The van der Waals surface area contributed by atoms with E-state index in [1.165, 1.54) is 30.6 Å². The van der Waals surface area contributed by atoms with Gasteiger partial charge in [-0.3, -0.25) is 9.69 Å². The molecule has 2 heterocycles. The van der Waals surface area contributed by atoms with Crippen molar-refractivity contribution in [3.05, 3.63) is 58.3 Å². The second-order valence-electron chi connectivity index (χ2n) is 6.45. The maximum Gasteiger partial charge on any atom is 0.224 e. The van der Waals surface area contributed by atoms with Crippen LogP contribution in [0.5, 0.6) is 0 Å². The summed E-state index contributed by atoms with van der Waals surface area (Å²) in [5.41, 5.74) is 1.07. The molecule has 2 aromatic rings. The number of carbonyl (C=O) groups is 1. The maximum atomic E-state index is 12.3. The van der Waals surface area contributed by atoms with Crippen LogP contribution in [0.25, 0.3) is 0 Å². The van der Waals surface area contributed by atoms with Crippen molar-refractivity contribution in [3.63, 3.8) is 0 Å². The lowest BCUT2D eigenvalue weighted by atomic mass is 10.1. The number of thiophene rings is 1. The lowest BCUT2D eigenvalue weighted by Gasteiger charge is -2.30. The fourth-order valence-electron chi connectivity index (χ4n) is 3.35. The van der Waals surface area contributed by atoms with E-state index in [2.05, 4.69) is 27.7 Å². The minimum atomic E-state index is 0.109. The van der Waals surface area contributed by atoms with Gasteiger partial charge in [0.1, 0.15) is 0 Å². The van der Waals surface area contributed by atoms with Gasteiger partial charge in [-0.25, -0.2) is 0 Å². The molecule has 4 heteroatoms. The van der Waals surface area contributed by atoms with Crippen LogP contribution in [0.1, 0.15) is 42.2 Å². The molecule has 1 atom stereocenters. The summed E-state index contributed by atoms with van der Waals surface area (Å²) in [6.07, 6.45) is 5.64. The third kappa shape index (κ3) is 4.92. The summed E-state index contributed by atoms with van der Waals surface area (Å²) in [5, 5.41) is 5.29. The molecule has 1 amide bonds. The molecule has 24 heavy (non-hydrogen) atoms. The highest BCUT2D eigenvalue weighted by Gasteiger charge is 2.22. The van der Waals surface area contributed by atoms with Gasteiger partial charge in [0.05, 0.1) is 12.5 Å². The van der Waals surface area contributed by atoms with Crippen LogP contribution >= 0.6 is 11.3 Å². The lowest BCUT2D eigenvalue weighted by Crippen LogP contribution is -2.38. The van der Waals surface area contributed by atoms with Crippen LogP contribution in [0.2, 0.25) is 0 Å². The fourth-order valence-corrected chi connectivity index (χ4v) is 4.21. The van der Waals surface area contributed by atoms with Crippen molar-refractivity contribution in [1.29, 1.82) is 0 Å². The highest BCUT2D eigenvalue weighted by Crippen LogP contribution is 2.27. The first kappa shape index (κ1) is 17.2. The molecule has 3 rings (SSSR count). The van der Waals surface area contributed by atoms with Gasteiger partial charge in [0.2, 0.25) is 5.91 Å². The van der Waals surface area contributed by atoms with Gasteiger partial charge >= 0.3 is 0 Å². The Morgan fingerprint density at radius 1 is 1.04 bits per heavy atom. The van der Waals surface area contributed by atoms with E-state index in [-0.39, 0.29) is 5.91 Å². The van der Waals surface area contributed by atoms with Crippen LogP contribution in [-0.4, -0.2) is 30.4 Å². The molecule has 1 saturated heterocycles. The normalized spacial score (nSPS) is 17.2. The minimum Gasteiger partial charge on any atom is -0.354 e. The summed E-state index contributed by atoms with van der Waals surface area (Å²) >= 11 is 1.79. The Morgan fingerprint density at radius 2 is 1.79 bits per heavy atom. The molecule has 1 aromatic heterocycles. The zero-order valence-electron chi connectivity index (χ0n) is 14.1. The van der Waals surface area contributed by atoms with Gasteiger partial charge in [-0.1, -0.05) is 49.2 Å². The van der Waals surface area contributed by atoms with Gasteiger partial charge in [-0.05, 0) is 42.9 Å². The van der Waals surface area contributed by atoms with Crippen molar-refractivity contribution in [2.45, 2.75) is 38.1 Å². The van der Waals surface area contributed by atoms with Crippen LogP contribution in [0.3, 0.4) is 0 Å². The first-order chi connectivity index (χ1) is 11.8. The molecule has 1 aliphatic heterocycles. The van der Waals surface area contributed by atoms with E-state index in [1.807, 2.05) is 30.3 Å². The molecule has 0 aliphatic carbocycles. The topological polar surface area (TPSA) is 32.3 Å². The van der Waals surface area contributed by atoms with Crippen LogP contribution in [-0.2, 0) is 11.2 Å². The molecule has 0 bridgehead atoms. The smallest absolute Gasteiger partial charge is 0.224 e. The van der Waals surface area contributed by atoms with Crippen molar-refractivity contribution >= 4 is 17.2 Å². The molecular weight excluding hydrogens is 316 g/mol. The Hall–Kier alpha value is -1.65. The number of nitrogens with one attached hydrogen (secondary N) is 1. The molecule has 0 saturated carbocycles. The second kappa shape index (κ2) is 9.00. The maximum absolute atomic E-state index is 12.3. The number of amides is 1. The fraction of sp³-hybridized carbons (Fsp3) is 0.450. The van der Waals surface area contributed by atoms with Crippen LogP contribution in [0.15, 0.2) is 47.8 Å². The SMILES string of the molecule is O=C(Cc1ccccc1)NC[C@@H](c1cccs1)N1CCCCCC1. The molecule has 1 aliphatic rings. The number of hydrogen-bond acceptors (Lipinski definition) is 3. The van der Waals surface area contributed by atoms with E-state index in [9.17, 15) is 4.79 Å². The highest BCUT2D eigenvalue weighted by molar-refractivity contribution is 7.10. The monoisotopic (exact) mass is 342 g/mol. The van der Waals surface area contributed by atoms with E-state index < -0.39 is 0 Å². The standard InChI is InChI=1S/C20H26N2OS/c23-20(15-17-9-4-3-5-10-17)21-16-18(19-11-8-14-24-19)22-12-6-1-2-7-13-22/h3-5,8-11,14,18H,1-2,6-7,12-13,15-16H2,(H,21,23)/t18-/m0/s1. The first-order valence-corrected chi connectivity index (χ1v) is 9.79. The zero-order valence-corrected chi connectivity index (χ0v) is 14.9. The van der Waals surface area contributed by atoms with Crippen molar-refractivity contribution < 1.29 is 4.79 Å². The summed E-state index contributed by atoms with van der Waals surface area (Å²) in [4.78, 5) is 16.2. The predicted molar refractivity (Wildman–Crippen MR) is 100 cm³/mol. The number of carbonyl (C=O) groups excluding carboxylic acids is 1. The molecule has 0 spiro atoms. The van der Waals surface area contributed by atoms with Crippen molar-refractivity contribution in [2.75, 3.05) is 19.6 Å². The number of rotatable bonds is 6. The van der Waals surface area contributed by atoms with Crippen molar-refractivity contribution in [1.82, 2.24) is 10.2 Å². The Bertz CT molecular complexity index is 604. The Balaban J connectivity index is 1.60. The molecular formula is C20H26N2OS. The third-order valence-corrected chi connectivity index (χ3v) is 5.63. The third-order valence-electron chi connectivity index (χ3n) is 4.65. The van der Waals surface area contributed by atoms with E-state index in [0.717, 1.165) is 18.7 Å². The summed E-state index contributed by atoms with van der Waals surface area (Å²) in [6, 6.07) is 14.6. The van der Waals surface area contributed by atoms with Crippen LogP contribution < -0.4 is 5.32 Å². The highest BCUT2D eigenvalue weighted by atomic mass is 32.1. The van der Waals surface area contributed by atoms with Crippen molar-refractivity contribution in [2.24, 2.45) is 0 Å². The van der Waals surface area contributed by atoms with Gasteiger partial charge in [0.15, 0.2) is 0 Å². The number of benzene rings is 1. The van der Waals surface area contributed by atoms with Gasteiger partial charge in [-0.15, -0.1) is 11.3 Å². The largest absolute Gasteiger partial charge is 0.354 e. The van der Waals surface area contributed by atoms with Gasteiger partial charge in [-0.2, -0.15) is 0 Å². The van der Waals surface area contributed by atoms with Crippen molar-refractivity contribution in [3.8, 4) is 0 Å². The molecule has 128 valence electrons. The molecule has 1 aromatic carbocycles. The number of hydrogen-bond donors (Lipinski definition) is 1. The Labute approximate surface area is 148 Å². The Morgan fingerprint density at radius 3 is 2.46 bits per heavy atom. The molecule has 1 fully saturated rings. The predicted octanol–water partition coefficient (Wildman–Crippen LogP) is 4.02. The van der Waals surface area contributed by atoms with Crippen LogP contribution in [0.4, 0.5) is 0 Å². The first-order valence-electron chi connectivity index (χ1n) is 8.91. The molecule has 0 radical (unpaired) electrons. The molecule has 1 N–H and O–H groups in total. The van der Waals surface area contributed by atoms with Gasteiger partial charge in [0, 0.05) is 11.4 Å². The molecule has 0 unspecified atom stereocenters. The van der Waals surface area contributed by atoms with Gasteiger partial charge < -0.3 is 5.32 Å². The summed E-state index contributed by atoms with van der Waals surface area (Å²) in [7, 11) is 0. The average molecular weight is 343 g/mol. The summed E-state index contributed by atoms with van der Waals surface area (Å²) < 4.78 is 0. The van der Waals surface area contributed by atoms with E-state index in [4.69, 9.17) is 0 Å².